The van der Waals surface area contributed by atoms with E-state index >= 15 is 0 Å². The fourth-order valence-corrected chi connectivity index (χ4v) is 5.47. The molecule has 0 atom stereocenters. The standard InChI is InChI=1S/C29H24Cl2N6O/c30-20-10-12-21(13-11-20)37-26(22-8-4-5-9-23(22)31)35-24-25(33-18-34-27(24)37)36-28(38)29(14-16-32-17-15-29)19-6-2-1-3-7-19/h1-13,18,32H,14-17H2,(H,33,34,36,38). The van der Waals surface area contributed by atoms with E-state index < -0.39 is 5.41 Å². The van der Waals surface area contributed by atoms with Crippen molar-refractivity contribution in [3.63, 3.8) is 0 Å². The number of halogens is 2. The number of piperidine rings is 1. The third-order valence-electron chi connectivity index (χ3n) is 7.09. The Hall–Kier alpha value is -3.78. The van der Waals surface area contributed by atoms with Gasteiger partial charge in [-0.2, -0.15) is 0 Å². The lowest BCUT2D eigenvalue weighted by Gasteiger charge is -2.36. The second-order valence-electron chi connectivity index (χ2n) is 9.27. The van der Waals surface area contributed by atoms with Gasteiger partial charge in [0.15, 0.2) is 17.0 Å². The maximum absolute atomic E-state index is 14.0. The van der Waals surface area contributed by atoms with Crippen molar-refractivity contribution in [2.75, 3.05) is 18.4 Å². The van der Waals surface area contributed by atoms with Gasteiger partial charge in [-0.3, -0.25) is 9.36 Å². The van der Waals surface area contributed by atoms with Crippen molar-refractivity contribution in [3.8, 4) is 17.1 Å². The van der Waals surface area contributed by atoms with Crippen LogP contribution in [0.15, 0.2) is 85.2 Å². The molecule has 190 valence electrons. The van der Waals surface area contributed by atoms with Crippen LogP contribution in [0.3, 0.4) is 0 Å². The van der Waals surface area contributed by atoms with E-state index in [1.54, 1.807) is 0 Å². The average molecular weight is 543 g/mol. The Kier molecular flexibility index (Phi) is 6.57. The molecule has 6 rings (SSSR count). The molecule has 3 aromatic carbocycles. The molecule has 1 aliphatic rings. The van der Waals surface area contributed by atoms with Crippen LogP contribution >= 0.6 is 23.2 Å². The Bertz CT molecular complexity index is 1610. The molecule has 0 spiro atoms. The smallest absolute Gasteiger partial charge is 0.236 e. The molecule has 0 unspecified atom stereocenters. The van der Waals surface area contributed by atoms with Crippen LogP contribution in [0.1, 0.15) is 18.4 Å². The predicted molar refractivity (Wildman–Crippen MR) is 151 cm³/mol. The number of hydrogen-bond acceptors (Lipinski definition) is 5. The average Bonchev–Trinajstić information content (AvgIpc) is 3.35. The van der Waals surface area contributed by atoms with Gasteiger partial charge < -0.3 is 10.6 Å². The van der Waals surface area contributed by atoms with Gasteiger partial charge in [-0.15, -0.1) is 0 Å². The largest absolute Gasteiger partial charge is 0.317 e. The minimum atomic E-state index is -0.673. The summed E-state index contributed by atoms with van der Waals surface area (Å²) in [5.41, 5.74) is 2.89. The monoisotopic (exact) mass is 542 g/mol. The van der Waals surface area contributed by atoms with Gasteiger partial charge in [-0.05, 0) is 67.9 Å². The van der Waals surface area contributed by atoms with Crippen molar-refractivity contribution in [1.29, 1.82) is 0 Å². The highest BCUT2D eigenvalue weighted by Crippen LogP contribution is 2.37. The first kappa shape index (κ1) is 24.6. The maximum atomic E-state index is 14.0. The van der Waals surface area contributed by atoms with Crippen molar-refractivity contribution in [2.45, 2.75) is 18.3 Å². The second kappa shape index (κ2) is 10.2. The number of anilines is 1. The zero-order valence-corrected chi connectivity index (χ0v) is 21.9. The Morgan fingerprint density at radius 1 is 0.895 bits per heavy atom. The quantitative estimate of drug-likeness (QED) is 0.282. The van der Waals surface area contributed by atoms with Crippen LogP contribution < -0.4 is 10.6 Å². The molecule has 1 fully saturated rings. The van der Waals surface area contributed by atoms with Gasteiger partial charge in [-0.1, -0.05) is 65.7 Å². The zero-order chi connectivity index (χ0) is 26.1. The van der Waals surface area contributed by atoms with E-state index in [4.69, 9.17) is 28.2 Å². The zero-order valence-electron chi connectivity index (χ0n) is 20.4. The van der Waals surface area contributed by atoms with E-state index in [-0.39, 0.29) is 5.91 Å². The van der Waals surface area contributed by atoms with Crippen molar-refractivity contribution in [1.82, 2.24) is 24.8 Å². The van der Waals surface area contributed by atoms with Gasteiger partial charge in [0.05, 0.1) is 10.4 Å². The Morgan fingerprint density at radius 2 is 1.61 bits per heavy atom. The van der Waals surface area contributed by atoms with Gasteiger partial charge >= 0.3 is 0 Å². The molecule has 2 aromatic heterocycles. The van der Waals surface area contributed by atoms with Crippen LogP contribution in [0.2, 0.25) is 10.0 Å². The van der Waals surface area contributed by atoms with E-state index in [9.17, 15) is 4.79 Å². The minimum Gasteiger partial charge on any atom is -0.317 e. The Labute approximate surface area is 229 Å². The summed E-state index contributed by atoms with van der Waals surface area (Å²) in [5, 5.41) is 7.65. The first-order valence-corrected chi connectivity index (χ1v) is 13.1. The van der Waals surface area contributed by atoms with Gasteiger partial charge in [0.1, 0.15) is 12.2 Å². The number of hydrogen-bond donors (Lipinski definition) is 2. The van der Waals surface area contributed by atoms with Gasteiger partial charge in [0, 0.05) is 16.3 Å². The summed E-state index contributed by atoms with van der Waals surface area (Å²) < 4.78 is 1.90. The van der Waals surface area contributed by atoms with Crippen LogP contribution in [0.25, 0.3) is 28.2 Å². The summed E-state index contributed by atoms with van der Waals surface area (Å²) in [6.45, 7) is 1.51. The molecule has 7 nitrogen and oxygen atoms in total. The molecule has 1 saturated heterocycles. The highest BCUT2D eigenvalue weighted by atomic mass is 35.5. The van der Waals surface area contributed by atoms with E-state index in [0.29, 0.717) is 45.7 Å². The first-order chi connectivity index (χ1) is 18.6. The number of nitrogens with zero attached hydrogens (tertiary/aromatic N) is 4. The SMILES string of the molecule is O=C(Nc1ncnc2c1nc(-c1ccccc1Cl)n2-c1ccc(Cl)cc1)C1(c2ccccc2)CCNCC1. The second-order valence-corrected chi connectivity index (χ2v) is 10.1. The van der Waals surface area contributed by atoms with E-state index in [2.05, 4.69) is 20.6 Å². The van der Waals surface area contributed by atoms with Crippen molar-refractivity contribution in [3.05, 3.63) is 101 Å². The Morgan fingerprint density at radius 3 is 2.34 bits per heavy atom. The van der Waals surface area contributed by atoms with Gasteiger partial charge in [0.25, 0.3) is 0 Å². The predicted octanol–water partition coefficient (Wildman–Crippen LogP) is 6.05. The van der Waals surface area contributed by atoms with Crippen LogP contribution in [-0.4, -0.2) is 38.5 Å². The maximum Gasteiger partial charge on any atom is 0.236 e. The van der Waals surface area contributed by atoms with Crippen molar-refractivity contribution in [2.24, 2.45) is 0 Å². The molecule has 2 N–H and O–H groups in total. The lowest BCUT2D eigenvalue weighted by molar-refractivity contribution is -0.122. The number of aromatic nitrogens is 4. The van der Waals surface area contributed by atoms with Crippen molar-refractivity contribution >= 4 is 46.1 Å². The first-order valence-electron chi connectivity index (χ1n) is 12.4. The number of carbonyl (C=O) groups excluding carboxylic acids is 1. The number of nitrogens with one attached hydrogen (secondary N) is 2. The molecular weight excluding hydrogens is 519 g/mol. The summed E-state index contributed by atoms with van der Waals surface area (Å²) in [7, 11) is 0. The molecule has 9 heteroatoms. The summed E-state index contributed by atoms with van der Waals surface area (Å²) in [6, 6.07) is 24.8. The van der Waals surface area contributed by atoms with E-state index in [1.807, 2.05) is 83.4 Å². The molecule has 0 aliphatic carbocycles. The van der Waals surface area contributed by atoms with Gasteiger partial charge in [-0.25, -0.2) is 15.0 Å². The third-order valence-corrected chi connectivity index (χ3v) is 7.68. The fraction of sp³-hybridized carbons (Fsp3) is 0.172. The molecule has 5 aromatic rings. The summed E-state index contributed by atoms with van der Waals surface area (Å²) in [4.78, 5) is 27.9. The number of fused-ring (bicyclic) bond motifs is 1. The highest BCUT2D eigenvalue weighted by Gasteiger charge is 2.41. The summed E-state index contributed by atoms with van der Waals surface area (Å²) >= 11 is 12.8. The topological polar surface area (TPSA) is 84.7 Å². The fourth-order valence-electron chi connectivity index (χ4n) is 5.13. The molecule has 0 bridgehead atoms. The Balaban J connectivity index is 1.49. The molecule has 3 heterocycles. The molecule has 0 saturated carbocycles. The summed E-state index contributed by atoms with van der Waals surface area (Å²) in [5.74, 6) is 0.837. The minimum absolute atomic E-state index is 0.106. The van der Waals surface area contributed by atoms with Gasteiger partial charge in [0.2, 0.25) is 5.91 Å². The number of carbonyl (C=O) groups is 1. The van der Waals surface area contributed by atoms with E-state index in [1.165, 1.54) is 6.33 Å². The number of rotatable bonds is 5. The number of benzene rings is 3. The van der Waals surface area contributed by atoms with E-state index in [0.717, 1.165) is 29.9 Å². The number of amides is 1. The molecule has 1 amide bonds. The third kappa shape index (κ3) is 4.32. The molecule has 0 radical (unpaired) electrons. The lowest BCUT2D eigenvalue weighted by atomic mass is 9.72. The molecular formula is C29H24Cl2N6O. The van der Waals surface area contributed by atoms with Crippen LogP contribution in [0.4, 0.5) is 5.82 Å². The van der Waals surface area contributed by atoms with Crippen LogP contribution in [0, 0.1) is 0 Å². The highest BCUT2D eigenvalue weighted by molar-refractivity contribution is 6.33. The van der Waals surface area contributed by atoms with Crippen LogP contribution in [0.5, 0.6) is 0 Å². The normalized spacial score (nSPS) is 14.9. The molecule has 1 aliphatic heterocycles. The number of imidazole rings is 1. The lowest BCUT2D eigenvalue weighted by Crippen LogP contribution is -2.48. The summed E-state index contributed by atoms with van der Waals surface area (Å²) in [6.07, 6.45) is 2.81. The molecule has 38 heavy (non-hydrogen) atoms. The van der Waals surface area contributed by atoms with Crippen LogP contribution in [-0.2, 0) is 10.2 Å². The van der Waals surface area contributed by atoms with Crippen molar-refractivity contribution < 1.29 is 4.79 Å².